The van der Waals surface area contributed by atoms with E-state index in [4.69, 9.17) is 30.5 Å². The van der Waals surface area contributed by atoms with Crippen LogP contribution in [0.1, 0.15) is 33.4 Å². The highest BCUT2D eigenvalue weighted by molar-refractivity contribution is 5.98. The summed E-state index contributed by atoms with van der Waals surface area (Å²) in [6.07, 6.45) is -5.08. The van der Waals surface area contributed by atoms with Crippen LogP contribution in [0, 0.1) is 5.41 Å². The number of nitrogens with zero attached hydrogens (tertiary/aromatic N) is 2. The lowest BCUT2D eigenvalue weighted by Gasteiger charge is -2.20. The molecular weight excluding hydrogens is 593 g/mol. The molecule has 1 unspecified atom stereocenters. The summed E-state index contributed by atoms with van der Waals surface area (Å²) in [6.45, 7) is 0. The Kier molecular flexibility index (Phi) is 9.84. The van der Waals surface area contributed by atoms with Gasteiger partial charge >= 0.3 is 23.8 Å². The number of aromatic amines is 1. The number of hydrogen-bond donors (Lipinski definition) is 7. The number of aromatic nitrogens is 3. The molecule has 0 bridgehead atoms. The fraction of sp³-hybridized carbons (Fsp3) is 0.148. The molecule has 232 valence electrons. The smallest absolute Gasteiger partial charge is 0.490 e. The molecule has 44 heavy (non-hydrogen) atoms. The van der Waals surface area contributed by atoms with Gasteiger partial charge in [-0.3, -0.25) is 10.4 Å². The monoisotopic (exact) mass is 618 g/mol. The normalized spacial score (nSPS) is 11.5. The van der Waals surface area contributed by atoms with E-state index in [1.807, 2.05) is 0 Å². The third kappa shape index (κ3) is 7.44. The number of aliphatic carboxylic acids is 1. The number of carboxylic acids is 2. The second kappa shape index (κ2) is 13.3. The zero-order chi connectivity index (χ0) is 32.8. The highest BCUT2D eigenvalue weighted by atomic mass is 19.4. The number of H-pyrrole nitrogens is 1. The lowest BCUT2D eigenvalue weighted by molar-refractivity contribution is -0.192. The van der Waals surface area contributed by atoms with Gasteiger partial charge in [-0.05, 0) is 42.0 Å². The average Bonchev–Trinajstić information content (AvgIpc) is 3.36. The van der Waals surface area contributed by atoms with Gasteiger partial charge in [0.2, 0.25) is 0 Å². The SMILES string of the molecule is COc1ccc(C(Nc2ccc(C(=N)N)c(O)c2)c2nn(-c3ccccc3C(=O)O)c(=O)[nH]2)cc1OC.O=C(O)C(F)(F)F. The Balaban J connectivity index is 0.000000676. The summed E-state index contributed by atoms with van der Waals surface area (Å²) in [5, 5.41) is 42.2. The van der Waals surface area contributed by atoms with Gasteiger partial charge in [0.25, 0.3) is 0 Å². The van der Waals surface area contributed by atoms with Gasteiger partial charge in [0.05, 0.1) is 31.0 Å². The first-order valence-corrected chi connectivity index (χ1v) is 12.2. The highest BCUT2D eigenvalue weighted by Gasteiger charge is 2.38. The van der Waals surface area contributed by atoms with Gasteiger partial charge < -0.3 is 35.8 Å². The van der Waals surface area contributed by atoms with E-state index in [1.54, 1.807) is 36.4 Å². The van der Waals surface area contributed by atoms with Crippen LogP contribution in [0.5, 0.6) is 17.2 Å². The lowest BCUT2D eigenvalue weighted by atomic mass is 10.0. The molecule has 4 rings (SSSR count). The first-order chi connectivity index (χ1) is 20.7. The van der Waals surface area contributed by atoms with Gasteiger partial charge in [-0.2, -0.15) is 17.9 Å². The number of methoxy groups -OCH3 is 2. The summed E-state index contributed by atoms with van der Waals surface area (Å²) >= 11 is 0. The van der Waals surface area contributed by atoms with E-state index < -0.39 is 29.8 Å². The van der Waals surface area contributed by atoms with E-state index in [2.05, 4.69) is 15.4 Å². The number of nitrogens with two attached hydrogens (primary N) is 1. The maximum atomic E-state index is 12.9. The molecular formula is C27H25F3N6O8. The van der Waals surface area contributed by atoms with Gasteiger partial charge in [-0.25, -0.2) is 14.4 Å². The lowest BCUT2D eigenvalue weighted by Crippen LogP contribution is -2.21. The molecule has 0 saturated heterocycles. The number of hydrogen-bond acceptors (Lipinski definition) is 9. The summed E-state index contributed by atoms with van der Waals surface area (Å²) < 4.78 is 43.5. The molecule has 4 aromatic rings. The van der Waals surface area contributed by atoms with Crippen LogP contribution in [0.25, 0.3) is 5.69 Å². The van der Waals surface area contributed by atoms with E-state index >= 15 is 0 Å². The van der Waals surface area contributed by atoms with Crippen molar-refractivity contribution in [1.29, 1.82) is 5.41 Å². The van der Waals surface area contributed by atoms with Crippen LogP contribution >= 0.6 is 0 Å². The van der Waals surface area contributed by atoms with Crippen LogP contribution in [0.15, 0.2) is 65.5 Å². The van der Waals surface area contributed by atoms with Gasteiger partial charge in [0, 0.05) is 11.8 Å². The Bertz CT molecular complexity index is 1750. The van der Waals surface area contributed by atoms with Crippen molar-refractivity contribution >= 4 is 23.5 Å². The summed E-state index contributed by atoms with van der Waals surface area (Å²) in [7, 11) is 2.99. The minimum atomic E-state index is -5.08. The average molecular weight is 619 g/mol. The Labute approximate surface area is 245 Å². The topological polar surface area (TPSA) is 226 Å². The number of aromatic hydroxyl groups is 1. The number of nitrogen functional groups attached to an aromatic ring is 1. The molecule has 0 aliphatic heterocycles. The van der Waals surface area contributed by atoms with E-state index in [1.165, 1.54) is 38.5 Å². The number of nitrogens with one attached hydrogen (secondary N) is 3. The van der Waals surface area contributed by atoms with Crippen molar-refractivity contribution in [3.63, 3.8) is 0 Å². The molecule has 8 N–H and O–H groups in total. The van der Waals surface area contributed by atoms with Crippen LogP contribution in [-0.2, 0) is 4.79 Å². The number of aromatic carboxylic acids is 1. The molecule has 0 fully saturated rings. The van der Waals surface area contributed by atoms with E-state index in [0.717, 1.165) is 4.68 Å². The highest BCUT2D eigenvalue weighted by Crippen LogP contribution is 2.34. The maximum Gasteiger partial charge on any atom is 0.490 e. The van der Waals surface area contributed by atoms with Crippen molar-refractivity contribution < 1.29 is 47.6 Å². The Morgan fingerprint density at radius 2 is 1.66 bits per heavy atom. The number of benzene rings is 3. The van der Waals surface area contributed by atoms with Crippen LogP contribution in [0.4, 0.5) is 18.9 Å². The van der Waals surface area contributed by atoms with Gasteiger partial charge in [-0.1, -0.05) is 18.2 Å². The number of ether oxygens (including phenoxy) is 2. The number of phenols is 1. The van der Waals surface area contributed by atoms with Crippen LogP contribution < -0.4 is 26.2 Å². The fourth-order valence-corrected chi connectivity index (χ4v) is 3.83. The molecule has 0 aliphatic carbocycles. The third-order valence-corrected chi connectivity index (χ3v) is 5.85. The number of carboxylic acid groups (broad SMARTS) is 2. The van der Waals surface area contributed by atoms with Crippen LogP contribution in [0.3, 0.4) is 0 Å². The van der Waals surface area contributed by atoms with E-state index in [9.17, 15) is 33.0 Å². The zero-order valence-electron chi connectivity index (χ0n) is 22.8. The molecule has 1 heterocycles. The molecule has 1 aromatic heterocycles. The largest absolute Gasteiger partial charge is 0.507 e. The second-order valence-corrected chi connectivity index (χ2v) is 8.69. The number of amidine groups is 1. The Morgan fingerprint density at radius 3 is 2.20 bits per heavy atom. The second-order valence-electron chi connectivity index (χ2n) is 8.69. The number of anilines is 1. The number of para-hydroxylation sites is 1. The van der Waals surface area contributed by atoms with E-state index in [0.29, 0.717) is 22.7 Å². The van der Waals surface area contributed by atoms with Crippen molar-refractivity contribution in [2.24, 2.45) is 5.73 Å². The molecule has 0 radical (unpaired) electrons. The molecule has 0 amide bonds. The third-order valence-electron chi connectivity index (χ3n) is 5.85. The molecule has 3 aromatic carbocycles. The number of rotatable bonds is 9. The van der Waals surface area contributed by atoms with Crippen molar-refractivity contribution in [3.05, 3.63) is 93.7 Å². The van der Waals surface area contributed by atoms with Gasteiger partial charge in [-0.15, -0.1) is 5.10 Å². The Morgan fingerprint density at radius 1 is 1.02 bits per heavy atom. The number of halogens is 3. The molecule has 17 heteroatoms. The quantitative estimate of drug-likeness (QED) is 0.107. The summed E-state index contributed by atoms with van der Waals surface area (Å²) in [5.41, 5.74) is 6.06. The summed E-state index contributed by atoms with van der Waals surface area (Å²) in [5.74, 6) is -3.39. The zero-order valence-corrected chi connectivity index (χ0v) is 22.8. The Hall–Kier alpha value is -6.00. The van der Waals surface area contributed by atoms with E-state index in [-0.39, 0.29) is 34.2 Å². The molecule has 0 saturated carbocycles. The van der Waals surface area contributed by atoms with Crippen LogP contribution in [-0.4, -0.2) is 68.3 Å². The molecule has 0 aliphatic rings. The van der Waals surface area contributed by atoms with Crippen molar-refractivity contribution in [3.8, 4) is 22.9 Å². The van der Waals surface area contributed by atoms with Gasteiger partial charge in [0.15, 0.2) is 17.3 Å². The van der Waals surface area contributed by atoms with Crippen molar-refractivity contribution in [1.82, 2.24) is 14.8 Å². The first-order valence-electron chi connectivity index (χ1n) is 12.2. The van der Waals surface area contributed by atoms with Crippen molar-refractivity contribution in [2.75, 3.05) is 19.5 Å². The minimum Gasteiger partial charge on any atom is -0.507 e. The molecule has 0 spiro atoms. The first kappa shape index (κ1) is 32.5. The number of phenolic OH excluding ortho intramolecular Hbond substituents is 1. The standard InChI is InChI=1S/C25H24N6O6.C2HF3O2/c1-36-19-10-7-13(11-20(19)37-2)21(28-14-8-9-16(22(26)27)18(32)12-14)23-29-25(35)31(30-23)17-6-4-3-5-15(17)24(33)34;3-2(4,5)1(6)7/h3-12,21,28,32H,1-2H3,(H3,26,27)(H,33,34)(H,29,30,35);(H,6,7). The number of alkyl halides is 3. The minimum absolute atomic E-state index is 0.0944. The predicted octanol–water partition coefficient (Wildman–Crippen LogP) is 3.10. The maximum absolute atomic E-state index is 12.9. The van der Waals surface area contributed by atoms with Crippen molar-refractivity contribution in [2.45, 2.75) is 12.2 Å². The van der Waals surface area contributed by atoms with Crippen LogP contribution in [0.2, 0.25) is 0 Å². The van der Waals surface area contributed by atoms with Gasteiger partial charge in [0.1, 0.15) is 17.6 Å². The summed E-state index contributed by atoms with van der Waals surface area (Å²) in [6, 6.07) is 14.8. The fourth-order valence-electron chi connectivity index (χ4n) is 3.83. The molecule has 1 atom stereocenters. The molecule has 14 nitrogen and oxygen atoms in total. The number of carbonyl (C=O) groups is 2. The summed E-state index contributed by atoms with van der Waals surface area (Å²) in [4.78, 5) is 36.2. The predicted molar refractivity (Wildman–Crippen MR) is 149 cm³/mol.